The minimum absolute atomic E-state index is 0.0945. The molecule has 0 saturated carbocycles. The van der Waals surface area contributed by atoms with Gasteiger partial charge in [0.1, 0.15) is 6.04 Å². The normalized spacial score (nSPS) is 20.2. The average Bonchev–Trinajstić information content (AvgIpc) is 3.18. The van der Waals surface area contributed by atoms with Crippen LogP contribution in [-0.2, 0) is 14.8 Å². The zero-order chi connectivity index (χ0) is 21.6. The van der Waals surface area contributed by atoms with Gasteiger partial charge in [0.2, 0.25) is 15.9 Å². The van der Waals surface area contributed by atoms with Gasteiger partial charge in [-0.15, -0.1) is 0 Å². The molecule has 2 unspecified atom stereocenters. The van der Waals surface area contributed by atoms with Crippen LogP contribution >= 0.6 is 0 Å². The van der Waals surface area contributed by atoms with Gasteiger partial charge in [0.25, 0.3) is 0 Å². The van der Waals surface area contributed by atoms with Crippen LogP contribution in [0.5, 0.6) is 0 Å². The highest BCUT2D eigenvalue weighted by Crippen LogP contribution is 2.36. The van der Waals surface area contributed by atoms with Crippen molar-refractivity contribution in [2.45, 2.75) is 30.3 Å². The monoisotopic (exact) mass is 433 g/mol. The Bertz CT molecular complexity index is 1260. The van der Waals surface area contributed by atoms with Crippen molar-refractivity contribution in [3.8, 4) is 11.1 Å². The fraction of sp³-hybridized carbons (Fsp3) is 0.208. The molecule has 2 heterocycles. The summed E-state index contributed by atoms with van der Waals surface area (Å²) >= 11 is 0. The highest BCUT2D eigenvalue weighted by molar-refractivity contribution is 7.89. The van der Waals surface area contributed by atoms with Gasteiger partial charge >= 0.3 is 0 Å². The van der Waals surface area contributed by atoms with Crippen molar-refractivity contribution in [1.82, 2.24) is 4.72 Å². The van der Waals surface area contributed by atoms with Crippen molar-refractivity contribution in [2.24, 2.45) is 0 Å². The van der Waals surface area contributed by atoms with Gasteiger partial charge in [-0.25, -0.2) is 13.1 Å². The highest BCUT2D eigenvalue weighted by atomic mass is 32.2. The second-order valence-corrected chi connectivity index (χ2v) is 9.84. The van der Waals surface area contributed by atoms with Gasteiger partial charge < -0.3 is 10.2 Å². The molecule has 31 heavy (non-hydrogen) atoms. The van der Waals surface area contributed by atoms with E-state index in [1.54, 1.807) is 12.1 Å². The number of benzene rings is 3. The molecule has 0 spiro atoms. The fourth-order valence-electron chi connectivity index (χ4n) is 4.42. The Balaban J connectivity index is 1.34. The van der Waals surface area contributed by atoms with E-state index in [9.17, 15) is 13.2 Å². The number of hydrogen-bond acceptors (Lipinski definition) is 4. The number of para-hydroxylation sites is 2. The number of nitrogens with zero attached hydrogens (tertiary/aromatic N) is 1. The van der Waals surface area contributed by atoms with E-state index >= 15 is 0 Å². The van der Waals surface area contributed by atoms with Crippen LogP contribution < -0.4 is 14.9 Å². The number of hydrogen-bond donors (Lipinski definition) is 2. The van der Waals surface area contributed by atoms with Crippen LogP contribution in [0.1, 0.15) is 12.0 Å². The quantitative estimate of drug-likeness (QED) is 0.660. The van der Waals surface area contributed by atoms with Gasteiger partial charge in [0.05, 0.1) is 16.3 Å². The molecule has 2 atom stereocenters. The number of aryl methyl sites for hydroxylation is 1. The largest absolute Gasteiger partial charge is 0.356 e. The van der Waals surface area contributed by atoms with Crippen molar-refractivity contribution in [3.05, 3.63) is 78.4 Å². The van der Waals surface area contributed by atoms with Gasteiger partial charge in [-0.2, -0.15) is 0 Å². The maximum atomic E-state index is 13.0. The summed E-state index contributed by atoms with van der Waals surface area (Å²) in [6.07, 6.45) is 0.431. The predicted molar refractivity (Wildman–Crippen MR) is 122 cm³/mol. The molecule has 3 aromatic rings. The molecule has 2 N–H and O–H groups in total. The molecular formula is C24H23N3O3S. The van der Waals surface area contributed by atoms with Crippen molar-refractivity contribution < 1.29 is 13.2 Å². The summed E-state index contributed by atoms with van der Waals surface area (Å²) in [5, 5.41) is 2.91. The molecule has 3 aromatic carbocycles. The van der Waals surface area contributed by atoms with E-state index in [2.05, 4.69) is 16.1 Å². The number of anilines is 2. The summed E-state index contributed by atoms with van der Waals surface area (Å²) < 4.78 is 28.8. The van der Waals surface area contributed by atoms with Gasteiger partial charge in [-0.3, -0.25) is 4.79 Å². The molecule has 7 heteroatoms. The zero-order valence-electron chi connectivity index (χ0n) is 17.1. The summed E-state index contributed by atoms with van der Waals surface area (Å²) in [6, 6.07) is 21.9. The first-order valence-electron chi connectivity index (χ1n) is 10.3. The molecule has 5 rings (SSSR count). The second-order valence-electron chi connectivity index (χ2n) is 8.12. The smallest absolute Gasteiger partial charge is 0.247 e. The minimum Gasteiger partial charge on any atom is -0.356 e. The first kappa shape index (κ1) is 19.8. The Hall–Kier alpha value is -3.16. The number of carbonyl (C=O) groups is 1. The van der Waals surface area contributed by atoms with E-state index in [-0.39, 0.29) is 22.9 Å². The lowest BCUT2D eigenvalue weighted by atomic mass is 10.0. The number of rotatable bonds is 4. The van der Waals surface area contributed by atoms with Crippen LogP contribution in [0.15, 0.2) is 77.7 Å². The molecule has 6 nitrogen and oxygen atoms in total. The molecule has 1 amide bonds. The van der Waals surface area contributed by atoms with E-state index in [0.717, 1.165) is 28.1 Å². The Morgan fingerprint density at radius 2 is 1.74 bits per heavy atom. The van der Waals surface area contributed by atoms with Crippen molar-refractivity contribution >= 4 is 27.3 Å². The molecule has 2 aliphatic heterocycles. The summed E-state index contributed by atoms with van der Waals surface area (Å²) in [4.78, 5) is 14.7. The molecular weight excluding hydrogens is 410 g/mol. The SMILES string of the molecule is Cc1cccc(-c2ccc(S(=O)(=O)NC3CC4C(=O)Nc5ccccc5N4C3)cc2)c1. The van der Waals surface area contributed by atoms with Crippen LogP contribution in [0.4, 0.5) is 11.4 Å². The van der Waals surface area contributed by atoms with Crippen LogP contribution in [0.3, 0.4) is 0 Å². The van der Waals surface area contributed by atoms with Crippen molar-refractivity contribution in [1.29, 1.82) is 0 Å². The fourth-order valence-corrected chi connectivity index (χ4v) is 5.66. The first-order valence-corrected chi connectivity index (χ1v) is 11.7. The molecule has 0 radical (unpaired) electrons. The Kier molecular flexibility index (Phi) is 4.79. The van der Waals surface area contributed by atoms with Gasteiger partial charge in [-0.05, 0) is 48.7 Å². The Morgan fingerprint density at radius 3 is 2.52 bits per heavy atom. The van der Waals surface area contributed by atoms with E-state index in [1.807, 2.05) is 66.4 Å². The average molecular weight is 434 g/mol. The van der Waals surface area contributed by atoms with Gasteiger partial charge in [0, 0.05) is 12.6 Å². The summed E-state index contributed by atoms with van der Waals surface area (Å²) in [5.41, 5.74) is 4.86. The van der Waals surface area contributed by atoms with Crippen LogP contribution in [0, 0.1) is 6.92 Å². The summed E-state index contributed by atoms with van der Waals surface area (Å²) in [6.45, 7) is 2.48. The molecule has 1 fully saturated rings. The first-order chi connectivity index (χ1) is 14.9. The maximum Gasteiger partial charge on any atom is 0.247 e. The van der Waals surface area contributed by atoms with E-state index in [1.165, 1.54) is 0 Å². The number of amides is 1. The molecule has 0 aliphatic carbocycles. The lowest BCUT2D eigenvalue weighted by molar-refractivity contribution is -0.117. The second kappa shape index (κ2) is 7.51. The van der Waals surface area contributed by atoms with E-state index in [4.69, 9.17) is 0 Å². The molecule has 158 valence electrons. The van der Waals surface area contributed by atoms with Crippen molar-refractivity contribution in [2.75, 3.05) is 16.8 Å². The minimum atomic E-state index is -3.70. The Morgan fingerprint density at radius 1 is 0.968 bits per heavy atom. The molecule has 2 aliphatic rings. The third-order valence-corrected chi connectivity index (χ3v) is 7.45. The van der Waals surface area contributed by atoms with E-state index < -0.39 is 10.0 Å². The van der Waals surface area contributed by atoms with Crippen LogP contribution in [0.25, 0.3) is 11.1 Å². The summed E-state index contributed by atoms with van der Waals surface area (Å²) in [5.74, 6) is -0.0945. The molecule has 1 saturated heterocycles. The molecule has 0 bridgehead atoms. The van der Waals surface area contributed by atoms with Gasteiger partial charge in [-0.1, -0.05) is 54.1 Å². The third kappa shape index (κ3) is 3.71. The van der Waals surface area contributed by atoms with Crippen LogP contribution in [-0.4, -0.2) is 33.0 Å². The number of nitrogens with one attached hydrogen (secondary N) is 2. The summed E-state index contributed by atoms with van der Waals surface area (Å²) in [7, 11) is -3.70. The molecule has 0 aromatic heterocycles. The predicted octanol–water partition coefficient (Wildman–Crippen LogP) is 3.54. The Labute approximate surface area is 182 Å². The third-order valence-electron chi connectivity index (χ3n) is 5.91. The lowest BCUT2D eigenvalue weighted by Crippen LogP contribution is -2.44. The van der Waals surface area contributed by atoms with Gasteiger partial charge in [0.15, 0.2) is 0 Å². The van der Waals surface area contributed by atoms with Crippen LogP contribution in [0.2, 0.25) is 0 Å². The highest BCUT2D eigenvalue weighted by Gasteiger charge is 2.42. The lowest BCUT2D eigenvalue weighted by Gasteiger charge is -2.32. The zero-order valence-corrected chi connectivity index (χ0v) is 17.9. The van der Waals surface area contributed by atoms with Crippen molar-refractivity contribution in [3.63, 3.8) is 0 Å². The van der Waals surface area contributed by atoms with E-state index in [0.29, 0.717) is 13.0 Å². The maximum absolute atomic E-state index is 13.0. The number of fused-ring (bicyclic) bond motifs is 3. The number of carbonyl (C=O) groups excluding carboxylic acids is 1. The standard InChI is InChI=1S/C24H23N3O3S/c1-16-5-4-6-18(13-16)17-9-11-20(12-10-17)31(29,30)26-19-14-23-24(28)25-21-7-2-3-8-22(21)27(23)15-19/h2-13,19,23,26H,14-15H2,1H3,(H,25,28). The number of sulfonamides is 1. The topological polar surface area (TPSA) is 78.5 Å².